The van der Waals surface area contributed by atoms with Crippen molar-refractivity contribution in [1.82, 2.24) is 15.0 Å². The summed E-state index contributed by atoms with van der Waals surface area (Å²) < 4.78 is 5.26. The Balaban J connectivity index is 1.28. The number of carbonyl (C=O) groups excluding carboxylic acids is 1. The maximum absolute atomic E-state index is 11.9. The highest BCUT2D eigenvalue weighted by Gasteiger charge is 2.19. The van der Waals surface area contributed by atoms with Gasteiger partial charge in [0.1, 0.15) is 11.6 Å². The third-order valence-electron chi connectivity index (χ3n) is 6.25. The molecule has 1 fully saturated rings. The molecule has 34 heavy (non-hydrogen) atoms. The van der Waals surface area contributed by atoms with Crippen molar-refractivity contribution in [3.8, 4) is 11.4 Å². The molecule has 1 aliphatic rings. The zero-order valence-electron chi connectivity index (χ0n) is 20.5. The fraction of sp³-hybridized carbons (Fsp3) is 0.444. The van der Waals surface area contributed by atoms with Gasteiger partial charge in [-0.2, -0.15) is 0 Å². The summed E-state index contributed by atoms with van der Waals surface area (Å²) in [6.45, 7) is 10.6. The van der Waals surface area contributed by atoms with E-state index in [-0.39, 0.29) is 5.97 Å². The molecule has 3 heterocycles. The molecule has 0 unspecified atom stereocenters. The number of anilines is 2. The Labute approximate surface area is 202 Å². The molecule has 180 valence electrons. The molecule has 1 N–H and O–H groups in total. The van der Waals surface area contributed by atoms with Gasteiger partial charge < -0.3 is 19.5 Å². The normalized spacial score (nSPS) is 14.0. The van der Waals surface area contributed by atoms with Gasteiger partial charge in [0, 0.05) is 55.5 Å². The Morgan fingerprint density at radius 3 is 2.35 bits per heavy atom. The summed E-state index contributed by atoms with van der Waals surface area (Å²) in [7, 11) is 0. The molecule has 7 nitrogen and oxygen atoms in total. The molecule has 0 spiro atoms. The topological polar surface area (TPSA) is 74.3 Å². The van der Waals surface area contributed by atoms with Crippen molar-refractivity contribution in [3.63, 3.8) is 0 Å². The molecule has 4 rings (SSSR count). The van der Waals surface area contributed by atoms with E-state index < -0.39 is 0 Å². The molecule has 0 bridgehead atoms. The SMILES string of the molecule is CCCCOC(=O)Cc1ccc(N2CCN(c3ccc(-c4ncc(C(C)C)[nH]4)cn3)CC2)cc1. The number of unbranched alkanes of at least 4 members (excludes halogenated alkanes) is 1. The van der Waals surface area contributed by atoms with E-state index in [1.54, 1.807) is 0 Å². The summed E-state index contributed by atoms with van der Waals surface area (Å²) in [6, 6.07) is 12.4. The summed E-state index contributed by atoms with van der Waals surface area (Å²) in [5, 5.41) is 0. The molecule has 1 aliphatic heterocycles. The van der Waals surface area contributed by atoms with Gasteiger partial charge in [0.05, 0.1) is 13.0 Å². The molecule has 0 saturated carbocycles. The van der Waals surface area contributed by atoms with Crippen LogP contribution in [0.15, 0.2) is 48.8 Å². The van der Waals surface area contributed by atoms with Gasteiger partial charge in [0.15, 0.2) is 0 Å². The second-order valence-electron chi connectivity index (χ2n) is 9.14. The van der Waals surface area contributed by atoms with Crippen LogP contribution in [-0.2, 0) is 16.0 Å². The average Bonchev–Trinajstić information content (AvgIpc) is 3.36. The first-order valence-corrected chi connectivity index (χ1v) is 12.3. The fourth-order valence-corrected chi connectivity index (χ4v) is 4.06. The molecule has 7 heteroatoms. The van der Waals surface area contributed by atoms with Crippen LogP contribution in [0.4, 0.5) is 11.5 Å². The largest absolute Gasteiger partial charge is 0.465 e. The van der Waals surface area contributed by atoms with Gasteiger partial charge in [-0.25, -0.2) is 9.97 Å². The Kier molecular flexibility index (Phi) is 7.83. The van der Waals surface area contributed by atoms with Crippen LogP contribution in [0.25, 0.3) is 11.4 Å². The number of nitrogens with zero attached hydrogens (tertiary/aromatic N) is 4. The van der Waals surface area contributed by atoms with Crippen molar-refractivity contribution in [1.29, 1.82) is 0 Å². The molecule has 1 saturated heterocycles. The van der Waals surface area contributed by atoms with Crippen LogP contribution in [0.3, 0.4) is 0 Å². The number of benzene rings is 1. The van der Waals surface area contributed by atoms with Gasteiger partial charge in [-0.15, -0.1) is 0 Å². The third kappa shape index (κ3) is 5.95. The average molecular weight is 462 g/mol. The van der Waals surface area contributed by atoms with Crippen molar-refractivity contribution >= 4 is 17.5 Å². The van der Waals surface area contributed by atoms with Crippen LogP contribution in [0.2, 0.25) is 0 Å². The van der Waals surface area contributed by atoms with Crippen molar-refractivity contribution in [2.45, 2.75) is 46.0 Å². The number of rotatable bonds is 9. The first-order valence-electron chi connectivity index (χ1n) is 12.3. The molecule has 0 amide bonds. The minimum absolute atomic E-state index is 0.152. The van der Waals surface area contributed by atoms with Crippen LogP contribution < -0.4 is 9.80 Å². The molecular formula is C27H35N5O2. The van der Waals surface area contributed by atoms with Crippen LogP contribution in [0.5, 0.6) is 0 Å². The van der Waals surface area contributed by atoms with Crippen molar-refractivity contribution in [3.05, 3.63) is 60.0 Å². The van der Waals surface area contributed by atoms with Gasteiger partial charge in [-0.3, -0.25) is 4.79 Å². The first-order chi connectivity index (χ1) is 16.5. The van der Waals surface area contributed by atoms with E-state index in [0.29, 0.717) is 18.9 Å². The van der Waals surface area contributed by atoms with E-state index >= 15 is 0 Å². The second kappa shape index (κ2) is 11.2. The van der Waals surface area contributed by atoms with Crippen molar-refractivity contribution in [2.75, 3.05) is 42.6 Å². The lowest BCUT2D eigenvalue weighted by Gasteiger charge is -2.36. The molecular weight excluding hydrogens is 426 g/mol. The van der Waals surface area contributed by atoms with E-state index in [2.05, 4.69) is 64.8 Å². The lowest BCUT2D eigenvalue weighted by Crippen LogP contribution is -2.46. The number of hydrogen-bond donors (Lipinski definition) is 1. The number of esters is 1. The lowest BCUT2D eigenvalue weighted by molar-refractivity contribution is -0.142. The molecule has 0 aliphatic carbocycles. The van der Waals surface area contributed by atoms with E-state index in [1.165, 1.54) is 5.69 Å². The van der Waals surface area contributed by atoms with Crippen LogP contribution in [0.1, 0.15) is 50.8 Å². The van der Waals surface area contributed by atoms with Crippen LogP contribution in [-0.4, -0.2) is 53.7 Å². The second-order valence-corrected chi connectivity index (χ2v) is 9.14. The van der Waals surface area contributed by atoms with E-state index in [9.17, 15) is 4.79 Å². The molecule has 0 radical (unpaired) electrons. The number of pyridine rings is 1. The minimum atomic E-state index is -0.152. The Morgan fingerprint density at radius 1 is 1.00 bits per heavy atom. The standard InChI is InChI=1S/C27H35N5O2/c1-4-5-16-34-26(33)17-21-6-9-23(10-7-21)31-12-14-32(15-13-31)25-11-8-22(18-28-25)27-29-19-24(30-27)20(2)3/h6-11,18-20H,4-5,12-17H2,1-3H3,(H,29,30). The highest BCUT2D eigenvalue weighted by Crippen LogP contribution is 2.23. The Hall–Kier alpha value is -3.35. The van der Waals surface area contributed by atoms with Crippen molar-refractivity contribution < 1.29 is 9.53 Å². The van der Waals surface area contributed by atoms with Crippen LogP contribution >= 0.6 is 0 Å². The molecule has 0 atom stereocenters. The number of ether oxygens (including phenoxy) is 1. The maximum atomic E-state index is 11.9. The molecule has 1 aromatic carbocycles. The van der Waals surface area contributed by atoms with Gasteiger partial charge in [-0.05, 0) is 42.2 Å². The van der Waals surface area contributed by atoms with E-state index in [1.807, 2.05) is 24.5 Å². The number of piperazine rings is 1. The smallest absolute Gasteiger partial charge is 0.310 e. The maximum Gasteiger partial charge on any atom is 0.310 e. The highest BCUT2D eigenvalue weighted by molar-refractivity contribution is 5.72. The van der Waals surface area contributed by atoms with Gasteiger partial charge >= 0.3 is 5.97 Å². The highest BCUT2D eigenvalue weighted by atomic mass is 16.5. The van der Waals surface area contributed by atoms with E-state index in [0.717, 1.165) is 67.5 Å². The number of aromatic amines is 1. The zero-order valence-corrected chi connectivity index (χ0v) is 20.5. The van der Waals surface area contributed by atoms with E-state index in [4.69, 9.17) is 9.72 Å². The summed E-state index contributed by atoms with van der Waals surface area (Å²) in [4.78, 5) is 29.2. The molecule has 2 aromatic heterocycles. The van der Waals surface area contributed by atoms with Crippen LogP contribution in [0, 0.1) is 0 Å². The minimum Gasteiger partial charge on any atom is -0.465 e. The number of H-pyrrole nitrogens is 1. The lowest BCUT2D eigenvalue weighted by atomic mass is 10.1. The predicted octanol–water partition coefficient (Wildman–Crippen LogP) is 4.81. The number of carbonyl (C=O) groups is 1. The predicted molar refractivity (Wildman–Crippen MR) is 136 cm³/mol. The first kappa shape index (κ1) is 23.8. The van der Waals surface area contributed by atoms with Gasteiger partial charge in [-0.1, -0.05) is 39.3 Å². The number of hydrogen-bond acceptors (Lipinski definition) is 6. The quantitative estimate of drug-likeness (QED) is 0.364. The third-order valence-corrected chi connectivity index (χ3v) is 6.25. The van der Waals surface area contributed by atoms with Gasteiger partial charge in [0.25, 0.3) is 0 Å². The Morgan fingerprint density at radius 2 is 1.74 bits per heavy atom. The summed E-state index contributed by atoms with van der Waals surface area (Å²) in [5.74, 6) is 2.13. The molecule has 3 aromatic rings. The Bertz CT molecular complexity index is 1050. The number of nitrogens with one attached hydrogen (secondary N) is 1. The summed E-state index contributed by atoms with van der Waals surface area (Å²) in [5.41, 5.74) is 4.31. The zero-order chi connectivity index (χ0) is 23.9. The summed E-state index contributed by atoms with van der Waals surface area (Å²) in [6.07, 6.45) is 6.08. The number of imidazole rings is 1. The van der Waals surface area contributed by atoms with Crippen molar-refractivity contribution in [2.24, 2.45) is 0 Å². The fourth-order valence-electron chi connectivity index (χ4n) is 4.06. The monoisotopic (exact) mass is 461 g/mol. The summed E-state index contributed by atoms with van der Waals surface area (Å²) >= 11 is 0. The van der Waals surface area contributed by atoms with Gasteiger partial charge in [0.2, 0.25) is 0 Å². The number of aromatic nitrogens is 3.